The van der Waals surface area contributed by atoms with E-state index in [2.05, 4.69) is 21.7 Å². The maximum absolute atomic E-state index is 8.36. The van der Waals surface area contributed by atoms with E-state index in [0.717, 1.165) is 30.7 Å². The average molecular weight is 438 g/mol. The first-order valence-corrected chi connectivity index (χ1v) is 9.51. The second kappa shape index (κ2) is 11.3. The van der Waals surface area contributed by atoms with Gasteiger partial charge in [-0.1, -0.05) is 41.4 Å². The number of aromatic nitrogens is 2. The second-order valence-corrected chi connectivity index (χ2v) is 7.09. The van der Waals surface area contributed by atoms with E-state index < -0.39 is 5.09 Å². The molecular formula is C20H21Cl2N3O4. The summed E-state index contributed by atoms with van der Waals surface area (Å²) in [5.41, 5.74) is 2.40. The molecule has 3 aromatic rings. The molecular weight excluding hydrogens is 417 g/mol. The van der Waals surface area contributed by atoms with Crippen LogP contribution in [0.3, 0.4) is 0 Å². The van der Waals surface area contributed by atoms with Crippen molar-refractivity contribution in [2.45, 2.75) is 25.3 Å². The molecule has 0 radical (unpaired) electrons. The van der Waals surface area contributed by atoms with E-state index >= 15 is 0 Å². The number of hydrogen-bond donors (Lipinski definition) is 1. The molecule has 0 saturated heterocycles. The van der Waals surface area contributed by atoms with Crippen LogP contribution in [0.5, 0.6) is 5.75 Å². The van der Waals surface area contributed by atoms with Crippen LogP contribution in [0.4, 0.5) is 0 Å². The lowest BCUT2D eigenvalue weighted by molar-refractivity contribution is -0.742. The number of methoxy groups -OCH3 is 1. The molecule has 0 saturated carbocycles. The molecule has 29 heavy (non-hydrogen) atoms. The summed E-state index contributed by atoms with van der Waals surface area (Å²) >= 11 is 12.5. The third-order valence-corrected chi connectivity index (χ3v) is 4.90. The summed E-state index contributed by atoms with van der Waals surface area (Å²) in [6.07, 6.45) is 7.55. The predicted molar refractivity (Wildman–Crippen MR) is 112 cm³/mol. The number of aryl methyl sites for hydroxylation is 1. The molecule has 0 aliphatic rings. The Balaban J connectivity index is 0.000000687. The third-order valence-electron chi connectivity index (χ3n) is 4.33. The molecule has 0 fully saturated rings. The highest BCUT2D eigenvalue weighted by atomic mass is 35.5. The topological polar surface area (TPSA) is 90.4 Å². The van der Waals surface area contributed by atoms with Crippen LogP contribution in [0, 0.1) is 10.1 Å². The van der Waals surface area contributed by atoms with Crippen LogP contribution in [0.1, 0.15) is 23.5 Å². The van der Waals surface area contributed by atoms with Crippen LogP contribution in [-0.2, 0) is 13.0 Å². The first-order valence-electron chi connectivity index (χ1n) is 8.76. The highest BCUT2D eigenvalue weighted by Gasteiger charge is 2.16. The monoisotopic (exact) mass is 437 g/mol. The zero-order valence-corrected chi connectivity index (χ0v) is 17.3. The van der Waals surface area contributed by atoms with Gasteiger partial charge in [-0.2, -0.15) is 0 Å². The van der Waals surface area contributed by atoms with Crippen molar-refractivity contribution in [2.75, 3.05) is 7.11 Å². The molecule has 1 heterocycles. The molecule has 0 amide bonds. The van der Waals surface area contributed by atoms with E-state index in [9.17, 15) is 0 Å². The molecule has 1 N–H and O–H groups in total. The molecule has 0 bridgehead atoms. The maximum atomic E-state index is 8.36. The van der Waals surface area contributed by atoms with Gasteiger partial charge in [0, 0.05) is 34.9 Å². The Morgan fingerprint density at radius 2 is 1.93 bits per heavy atom. The van der Waals surface area contributed by atoms with Gasteiger partial charge in [0.1, 0.15) is 5.75 Å². The van der Waals surface area contributed by atoms with Crippen molar-refractivity contribution in [3.63, 3.8) is 0 Å². The van der Waals surface area contributed by atoms with Crippen LogP contribution in [-0.4, -0.2) is 27.0 Å². The van der Waals surface area contributed by atoms with Gasteiger partial charge in [-0.15, -0.1) is 10.1 Å². The Bertz CT molecular complexity index is 899. The summed E-state index contributed by atoms with van der Waals surface area (Å²) in [5.74, 6) is 1.15. The van der Waals surface area contributed by atoms with Gasteiger partial charge in [0.05, 0.1) is 13.4 Å². The van der Waals surface area contributed by atoms with Crippen molar-refractivity contribution in [1.82, 2.24) is 9.55 Å². The fraction of sp³-hybridized carbons (Fsp3) is 0.250. The molecule has 0 aliphatic heterocycles. The SMILES string of the molecule is COc1ccc(CCC(Cn2ccnc2)c2ccc(Cl)cc2Cl)cc1.O=[N+]([O-])O. The van der Waals surface area contributed by atoms with Gasteiger partial charge in [0.2, 0.25) is 0 Å². The number of nitrogens with zero attached hydrogens (tertiary/aromatic N) is 3. The summed E-state index contributed by atoms with van der Waals surface area (Å²) in [5, 5.41) is 15.0. The maximum Gasteiger partial charge on any atom is 0.291 e. The summed E-state index contributed by atoms with van der Waals surface area (Å²) in [6.45, 7) is 0.831. The molecule has 7 nitrogen and oxygen atoms in total. The van der Waals surface area contributed by atoms with Crippen molar-refractivity contribution < 1.29 is 15.0 Å². The van der Waals surface area contributed by atoms with E-state index in [-0.39, 0.29) is 5.92 Å². The molecule has 0 spiro atoms. The molecule has 1 unspecified atom stereocenters. The second-order valence-electron chi connectivity index (χ2n) is 6.25. The van der Waals surface area contributed by atoms with Gasteiger partial charge < -0.3 is 14.5 Å². The van der Waals surface area contributed by atoms with Crippen molar-refractivity contribution in [2.24, 2.45) is 0 Å². The van der Waals surface area contributed by atoms with Gasteiger partial charge in [-0.3, -0.25) is 0 Å². The Labute approximate surface area is 178 Å². The minimum atomic E-state index is -1.50. The highest BCUT2D eigenvalue weighted by Crippen LogP contribution is 2.32. The van der Waals surface area contributed by atoms with Gasteiger partial charge in [0.15, 0.2) is 0 Å². The molecule has 9 heteroatoms. The fourth-order valence-corrected chi connectivity index (χ4v) is 3.52. The summed E-state index contributed by atoms with van der Waals surface area (Å²) in [7, 11) is 1.68. The molecule has 154 valence electrons. The quantitative estimate of drug-likeness (QED) is 0.401. The number of rotatable bonds is 7. The molecule has 3 rings (SSSR count). The van der Waals surface area contributed by atoms with Crippen LogP contribution in [0.2, 0.25) is 10.0 Å². The Morgan fingerprint density at radius 1 is 1.24 bits per heavy atom. The predicted octanol–water partition coefficient (Wildman–Crippen LogP) is 5.27. The lowest BCUT2D eigenvalue weighted by Gasteiger charge is -2.20. The van der Waals surface area contributed by atoms with Gasteiger partial charge >= 0.3 is 0 Å². The molecule has 2 aromatic carbocycles. The first kappa shape index (κ1) is 22.5. The average Bonchev–Trinajstić information content (AvgIpc) is 3.18. The standard InChI is InChI=1S/C20H20Cl2N2O.HNO3/c1-25-18-7-3-15(4-8-18)2-5-16(13-24-11-10-23-14-24)19-9-6-17(21)12-20(19)22;2-1(3)4/h3-4,6-12,14,16H,2,5,13H2,1H3;(H,2,3,4). The number of ether oxygens (including phenoxy) is 1. The molecule has 1 atom stereocenters. The first-order chi connectivity index (χ1) is 13.9. The van der Waals surface area contributed by atoms with Crippen LogP contribution >= 0.6 is 23.2 Å². The summed E-state index contributed by atoms with van der Waals surface area (Å²) in [4.78, 5) is 12.5. The van der Waals surface area contributed by atoms with E-state index in [0.29, 0.717) is 10.0 Å². The summed E-state index contributed by atoms with van der Waals surface area (Å²) < 4.78 is 7.31. The largest absolute Gasteiger partial charge is 0.497 e. The molecule has 1 aromatic heterocycles. The lowest BCUT2D eigenvalue weighted by Crippen LogP contribution is -2.10. The molecule has 0 aliphatic carbocycles. The van der Waals surface area contributed by atoms with Gasteiger partial charge in [0.25, 0.3) is 5.09 Å². The lowest BCUT2D eigenvalue weighted by atomic mass is 9.92. The minimum Gasteiger partial charge on any atom is -0.497 e. The van der Waals surface area contributed by atoms with Crippen LogP contribution < -0.4 is 4.74 Å². The number of hydrogen-bond acceptors (Lipinski definition) is 4. The zero-order chi connectivity index (χ0) is 21.2. The minimum absolute atomic E-state index is 0.279. The smallest absolute Gasteiger partial charge is 0.291 e. The summed E-state index contributed by atoms with van der Waals surface area (Å²) in [6, 6.07) is 13.9. The van der Waals surface area contributed by atoms with Crippen LogP contribution in [0.15, 0.2) is 61.2 Å². The number of imidazole rings is 1. The van der Waals surface area contributed by atoms with Crippen molar-refractivity contribution in [3.05, 3.63) is 92.5 Å². The number of halogens is 2. The Hall–Kier alpha value is -2.77. The van der Waals surface area contributed by atoms with Crippen molar-refractivity contribution >= 4 is 23.2 Å². The fourth-order valence-electron chi connectivity index (χ4n) is 2.96. The Kier molecular flexibility index (Phi) is 8.76. The van der Waals surface area contributed by atoms with Crippen LogP contribution in [0.25, 0.3) is 0 Å². The van der Waals surface area contributed by atoms with Gasteiger partial charge in [-0.05, 0) is 48.2 Å². The zero-order valence-electron chi connectivity index (χ0n) is 15.7. The van der Waals surface area contributed by atoms with Crippen molar-refractivity contribution in [1.29, 1.82) is 0 Å². The third kappa shape index (κ3) is 7.63. The highest BCUT2D eigenvalue weighted by molar-refractivity contribution is 6.35. The van der Waals surface area contributed by atoms with Gasteiger partial charge in [-0.25, -0.2) is 4.98 Å². The Morgan fingerprint density at radius 3 is 2.48 bits per heavy atom. The van der Waals surface area contributed by atoms with E-state index in [4.69, 9.17) is 43.3 Å². The van der Waals surface area contributed by atoms with E-state index in [1.807, 2.05) is 42.9 Å². The number of benzene rings is 2. The van der Waals surface area contributed by atoms with E-state index in [1.54, 1.807) is 13.3 Å². The van der Waals surface area contributed by atoms with E-state index in [1.165, 1.54) is 5.56 Å². The van der Waals surface area contributed by atoms with Crippen molar-refractivity contribution in [3.8, 4) is 5.75 Å². The normalized spacial score (nSPS) is 11.3.